The van der Waals surface area contributed by atoms with Gasteiger partial charge in [-0.05, 0) is 6.07 Å². The molecule has 0 spiro atoms. The Morgan fingerprint density at radius 1 is 1.64 bits per heavy atom. The van der Waals surface area contributed by atoms with Crippen molar-refractivity contribution in [3.63, 3.8) is 0 Å². The average Bonchev–Trinajstić information content (AvgIpc) is 2.19. The van der Waals surface area contributed by atoms with Crippen molar-refractivity contribution in [1.29, 1.82) is 0 Å². The molecule has 0 aliphatic carbocycles. The van der Waals surface area contributed by atoms with E-state index in [1.54, 1.807) is 0 Å². The maximum absolute atomic E-state index is 12.3. The first-order valence-electron chi connectivity index (χ1n) is 3.98. The topological polar surface area (TPSA) is 55.5 Å². The number of phenolic OH excluding ortho intramolecular Hbond substituents is 1. The van der Waals surface area contributed by atoms with Gasteiger partial charge in [-0.1, -0.05) is 11.6 Å². The number of methoxy groups -OCH3 is 1. The standard InChI is InChI=1S/C9H11ClFNO2/c1-14-9-3-8(13)5(2-6(9)10)7(12)4-11/h2-3,7,13H,4,12H2,1H3. The Hall–Kier alpha value is -1.00. The van der Waals surface area contributed by atoms with Crippen molar-refractivity contribution in [3.8, 4) is 11.5 Å². The molecule has 0 bridgehead atoms. The molecule has 5 heteroatoms. The summed E-state index contributed by atoms with van der Waals surface area (Å²) >= 11 is 5.79. The van der Waals surface area contributed by atoms with E-state index in [9.17, 15) is 9.50 Å². The third-order valence-electron chi connectivity index (χ3n) is 1.87. The van der Waals surface area contributed by atoms with Gasteiger partial charge < -0.3 is 15.6 Å². The van der Waals surface area contributed by atoms with Crippen LogP contribution in [0.4, 0.5) is 4.39 Å². The van der Waals surface area contributed by atoms with Crippen molar-refractivity contribution in [1.82, 2.24) is 0 Å². The first kappa shape index (κ1) is 11.1. The molecule has 0 heterocycles. The number of aromatic hydroxyl groups is 1. The van der Waals surface area contributed by atoms with Crippen molar-refractivity contribution in [2.45, 2.75) is 6.04 Å². The molecule has 0 amide bonds. The lowest BCUT2D eigenvalue weighted by atomic mass is 10.1. The molecule has 78 valence electrons. The minimum Gasteiger partial charge on any atom is -0.507 e. The molecule has 1 aromatic carbocycles. The Labute approximate surface area is 86.2 Å². The summed E-state index contributed by atoms with van der Waals surface area (Å²) in [6.45, 7) is -0.754. The Bertz CT molecular complexity index is 333. The molecular formula is C9H11ClFNO2. The summed E-state index contributed by atoms with van der Waals surface area (Å²) in [5, 5.41) is 9.76. The van der Waals surface area contributed by atoms with Crippen LogP contribution in [0, 0.1) is 0 Å². The molecule has 0 aromatic heterocycles. The van der Waals surface area contributed by atoms with Gasteiger partial charge in [-0.15, -0.1) is 0 Å². The number of ether oxygens (including phenoxy) is 1. The molecule has 1 atom stereocenters. The van der Waals surface area contributed by atoms with Gasteiger partial charge in [-0.2, -0.15) is 0 Å². The quantitative estimate of drug-likeness (QED) is 0.818. The Balaban J connectivity index is 3.14. The summed E-state index contributed by atoms with van der Waals surface area (Å²) in [4.78, 5) is 0. The zero-order valence-corrected chi connectivity index (χ0v) is 8.38. The molecule has 0 aliphatic rings. The molecule has 0 radical (unpaired) electrons. The van der Waals surface area contributed by atoms with E-state index in [1.807, 2.05) is 0 Å². The van der Waals surface area contributed by atoms with Crippen LogP contribution in [0.15, 0.2) is 12.1 Å². The predicted octanol–water partition coefficient (Wildman–Crippen LogP) is 2.02. The van der Waals surface area contributed by atoms with E-state index < -0.39 is 12.7 Å². The van der Waals surface area contributed by atoms with Crippen LogP contribution in [0.5, 0.6) is 11.5 Å². The molecule has 3 N–H and O–H groups in total. The molecule has 0 saturated heterocycles. The molecule has 1 aromatic rings. The Kier molecular flexibility index (Phi) is 3.55. The molecule has 0 saturated carbocycles. The second kappa shape index (κ2) is 4.48. The lowest BCUT2D eigenvalue weighted by Crippen LogP contribution is -2.12. The summed E-state index contributed by atoms with van der Waals surface area (Å²) in [6, 6.07) is 1.85. The van der Waals surface area contributed by atoms with E-state index >= 15 is 0 Å². The van der Waals surface area contributed by atoms with E-state index in [-0.39, 0.29) is 11.3 Å². The monoisotopic (exact) mass is 219 g/mol. The van der Waals surface area contributed by atoms with Gasteiger partial charge in [-0.25, -0.2) is 4.39 Å². The zero-order chi connectivity index (χ0) is 10.7. The van der Waals surface area contributed by atoms with Gasteiger partial charge in [0.1, 0.15) is 18.2 Å². The van der Waals surface area contributed by atoms with E-state index in [1.165, 1.54) is 19.2 Å². The minimum atomic E-state index is -0.863. The van der Waals surface area contributed by atoms with Crippen LogP contribution in [0.25, 0.3) is 0 Å². The van der Waals surface area contributed by atoms with Gasteiger partial charge in [0.15, 0.2) is 0 Å². The summed E-state index contributed by atoms with van der Waals surface area (Å²) in [5.74, 6) is 0.218. The van der Waals surface area contributed by atoms with Crippen molar-refractivity contribution in [2.24, 2.45) is 5.73 Å². The minimum absolute atomic E-state index is 0.114. The molecule has 1 unspecified atom stereocenters. The normalized spacial score (nSPS) is 12.6. The summed E-state index contributed by atoms with van der Waals surface area (Å²) < 4.78 is 17.1. The number of phenols is 1. The van der Waals surface area contributed by atoms with Gasteiger partial charge >= 0.3 is 0 Å². The highest BCUT2D eigenvalue weighted by molar-refractivity contribution is 6.32. The smallest absolute Gasteiger partial charge is 0.141 e. The van der Waals surface area contributed by atoms with E-state index in [4.69, 9.17) is 22.1 Å². The van der Waals surface area contributed by atoms with Gasteiger partial charge in [0.05, 0.1) is 18.2 Å². The number of hydrogen-bond acceptors (Lipinski definition) is 3. The van der Waals surface area contributed by atoms with Crippen molar-refractivity contribution in [2.75, 3.05) is 13.8 Å². The lowest BCUT2D eigenvalue weighted by molar-refractivity contribution is 0.397. The van der Waals surface area contributed by atoms with Crippen LogP contribution < -0.4 is 10.5 Å². The molecular weight excluding hydrogens is 209 g/mol. The van der Waals surface area contributed by atoms with Crippen molar-refractivity contribution in [3.05, 3.63) is 22.7 Å². The Morgan fingerprint density at radius 3 is 2.79 bits per heavy atom. The first-order chi connectivity index (χ1) is 6.60. The third-order valence-corrected chi connectivity index (χ3v) is 2.16. The van der Waals surface area contributed by atoms with Crippen LogP contribution in [-0.2, 0) is 0 Å². The largest absolute Gasteiger partial charge is 0.507 e. The molecule has 14 heavy (non-hydrogen) atoms. The second-order valence-electron chi connectivity index (χ2n) is 2.81. The number of halogens is 2. The first-order valence-corrected chi connectivity index (χ1v) is 4.36. The van der Waals surface area contributed by atoms with Gasteiger partial charge in [0, 0.05) is 11.6 Å². The summed E-state index contributed by atoms with van der Waals surface area (Å²) in [7, 11) is 1.43. The zero-order valence-electron chi connectivity index (χ0n) is 7.63. The molecule has 1 rings (SSSR count). The predicted molar refractivity (Wildman–Crippen MR) is 52.6 cm³/mol. The SMILES string of the molecule is COc1cc(O)c(C(N)CF)cc1Cl. The molecule has 3 nitrogen and oxygen atoms in total. The summed E-state index contributed by atoms with van der Waals surface area (Å²) in [5.41, 5.74) is 5.70. The fourth-order valence-corrected chi connectivity index (χ4v) is 1.34. The van der Waals surface area contributed by atoms with Gasteiger partial charge in [0.25, 0.3) is 0 Å². The highest BCUT2D eigenvalue weighted by atomic mass is 35.5. The fraction of sp³-hybridized carbons (Fsp3) is 0.333. The highest BCUT2D eigenvalue weighted by Gasteiger charge is 2.14. The van der Waals surface area contributed by atoms with Crippen LogP contribution in [-0.4, -0.2) is 18.9 Å². The third kappa shape index (κ3) is 2.08. The average molecular weight is 220 g/mol. The number of nitrogens with two attached hydrogens (primary N) is 1. The maximum Gasteiger partial charge on any atom is 0.141 e. The van der Waals surface area contributed by atoms with Gasteiger partial charge in [0.2, 0.25) is 0 Å². The van der Waals surface area contributed by atoms with Crippen LogP contribution in [0.1, 0.15) is 11.6 Å². The van der Waals surface area contributed by atoms with Crippen LogP contribution >= 0.6 is 11.6 Å². The number of hydrogen-bond donors (Lipinski definition) is 2. The van der Waals surface area contributed by atoms with Crippen LogP contribution in [0.2, 0.25) is 5.02 Å². The van der Waals surface area contributed by atoms with Gasteiger partial charge in [-0.3, -0.25) is 0 Å². The van der Waals surface area contributed by atoms with E-state index in [2.05, 4.69) is 0 Å². The maximum atomic E-state index is 12.3. The molecule has 0 fully saturated rings. The van der Waals surface area contributed by atoms with E-state index in [0.29, 0.717) is 10.8 Å². The molecule has 0 aliphatic heterocycles. The summed E-state index contributed by atoms with van der Waals surface area (Å²) in [6.07, 6.45) is 0. The Morgan fingerprint density at radius 2 is 2.29 bits per heavy atom. The van der Waals surface area contributed by atoms with Crippen LogP contribution in [0.3, 0.4) is 0 Å². The van der Waals surface area contributed by atoms with E-state index in [0.717, 1.165) is 0 Å². The highest BCUT2D eigenvalue weighted by Crippen LogP contribution is 2.34. The number of rotatable bonds is 3. The second-order valence-corrected chi connectivity index (χ2v) is 3.21. The lowest BCUT2D eigenvalue weighted by Gasteiger charge is -2.12. The van der Waals surface area contributed by atoms with Crippen molar-refractivity contribution < 1.29 is 14.2 Å². The number of benzene rings is 1. The number of alkyl halides is 1. The van der Waals surface area contributed by atoms with Crippen molar-refractivity contribution >= 4 is 11.6 Å². The fourth-order valence-electron chi connectivity index (χ4n) is 1.09.